The highest BCUT2D eigenvalue weighted by Gasteiger charge is 2.23. The summed E-state index contributed by atoms with van der Waals surface area (Å²) in [6.07, 6.45) is 16.0. The van der Waals surface area contributed by atoms with Gasteiger partial charge >= 0.3 is 0 Å². The number of aromatic nitrogens is 6. The van der Waals surface area contributed by atoms with Gasteiger partial charge in [-0.05, 0) is 113 Å². The highest BCUT2D eigenvalue weighted by Crippen LogP contribution is 2.40. The van der Waals surface area contributed by atoms with Gasteiger partial charge in [-0.25, -0.2) is 15.0 Å². The molecule has 7 nitrogen and oxygen atoms in total. The first-order valence-electron chi connectivity index (χ1n) is 20.0. The van der Waals surface area contributed by atoms with Crippen LogP contribution in [-0.4, -0.2) is 36.4 Å². The molecular formula is C52H37N7. The van der Waals surface area contributed by atoms with Crippen LogP contribution in [0.5, 0.6) is 0 Å². The molecule has 0 N–H and O–H groups in total. The molecule has 0 bridgehead atoms. The molecule has 0 fully saturated rings. The molecule has 1 aliphatic heterocycles. The lowest BCUT2D eigenvalue weighted by molar-refractivity contribution is 0.821. The maximum atomic E-state index is 5.31. The molecule has 7 heteroatoms. The lowest BCUT2D eigenvalue weighted by atomic mass is 9.83. The number of rotatable bonds is 6. The van der Waals surface area contributed by atoms with Gasteiger partial charge in [0, 0.05) is 63.9 Å². The van der Waals surface area contributed by atoms with Crippen LogP contribution in [0.3, 0.4) is 0 Å². The molecule has 1 atom stereocenters. The van der Waals surface area contributed by atoms with E-state index < -0.39 is 0 Å². The van der Waals surface area contributed by atoms with Gasteiger partial charge in [-0.2, -0.15) is 0 Å². The van der Waals surface area contributed by atoms with Crippen LogP contribution >= 0.6 is 0 Å². The summed E-state index contributed by atoms with van der Waals surface area (Å²) in [5.74, 6) is 1.89. The Labute approximate surface area is 340 Å². The van der Waals surface area contributed by atoms with Gasteiger partial charge in [0.15, 0.2) is 17.5 Å². The first-order chi connectivity index (χ1) is 29.1. The number of benzene rings is 5. The van der Waals surface area contributed by atoms with Crippen molar-refractivity contribution in [3.8, 4) is 33.9 Å². The van der Waals surface area contributed by atoms with E-state index in [1.165, 1.54) is 11.1 Å². The zero-order valence-corrected chi connectivity index (χ0v) is 32.5. The molecule has 0 radical (unpaired) electrons. The Morgan fingerprint density at radius 1 is 0.627 bits per heavy atom. The molecule has 0 saturated carbocycles. The molecule has 2 aliphatic rings. The lowest BCUT2D eigenvalue weighted by Gasteiger charge is -2.22. The third kappa shape index (κ3) is 6.19. The van der Waals surface area contributed by atoms with Gasteiger partial charge in [0.2, 0.25) is 0 Å². The largest absolute Gasteiger partial charge is 0.282 e. The number of allylic oxidation sites excluding steroid dienone is 4. The first-order valence-corrected chi connectivity index (χ1v) is 20.0. The number of pyridine rings is 3. The van der Waals surface area contributed by atoms with E-state index in [1.54, 1.807) is 0 Å². The van der Waals surface area contributed by atoms with E-state index in [0.717, 1.165) is 107 Å². The maximum Gasteiger partial charge on any atom is 0.164 e. The van der Waals surface area contributed by atoms with Crippen molar-refractivity contribution in [2.75, 3.05) is 6.54 Å². The molecule has 9 aromatic rings. The second kappa shape index (κ2) is 14.1. The summed E-state index contributed by atoms with van der Waals surface area (Å²) in [6, 6.07) is 38.2. The lowest BCUT2D eigenvalue weighted by Crippen LogP contribution is -2.29. The number of hydrogen-bond donors (Lipinski definition) is 0. The summed E-state index contributed by atoms with van der Waals surface area (Å²) >= 11 is 0. The fraction of sp³-hybridized carbons (Fsp3) is 0.0962. The van der Waals surface area contributed by atoms with Crippen molar-refractivity contribution < 1.29 is 0 Å². The smallest absolute Gasteiger partial charge is 0.164 e. The zero-order valence-electron chi connectivity index (χ0n) is 32.5. The van der Waals surface area contributed by atoms with Crippen molar-refractivity contribution in [3.05, 3.63) is 180 Å². The molecule has 0 spiro atoms. The van der Waals surface area contributed by atoms with Crippen LogP contribution in [0, 0.1) is 0 Å². The normalized spacial score (nSPS) is 15.0. The average Bonchev–Trinajstić information content (AvgIpc) is 3.30. The quantitative estimate of drug-likeness (QED) is 0.157. The van der Waals surface area contributed by atoms with Crippen LogP contribution < -0.4 is 10.6 Å². The monoisotopic (exact) mass is 759 g/mol. The fourth-order valence-corrected chi connectivity index (χ4v) is 8.80. The Hall–Kier alpha value is -7.51. The topological polar surface area (TPSA) is 89.7 Å². The molecule has 5 heterocycles. The molecule has 5 aromatic carbocycles. The van der Waals surface area contributed by atoms with E-state index in [4.69, 9.17) is 34.9 Å². The minimum absolute atomic E-state index is 0.0702. The predicted molar refractivity (Wildman–Crippen MR) is 240 cm³/mol. The molecular weight excluding hydrogens is 723 g/mol. The van der Waals surface area contributed by atoms with E-state index in [2.05, 4.69) is 123 Å². The first kappa shape index (κ1) is 34.7. The van der Waals surface area contributed by atoms with E-state index in [-0.39, 0.29) is 5.92 Å². The third-order valence-electron chi connectivity index (χ3n) is 11.5. The molecule has 11 rings (SSSR count). The van der Waals surface area contributed by atoms with Crippen molar-refractivity contribution in [2.24, 2.45) is 4.99 Å². The van der Waals surface area contributed by atoms with Crippen molar-refractivity contribution in [1.82, 2.24) is 29.9 Å². The van der Waals surface area contributed by atoms with Crippen molar-refractivity contribution >= 4 is 61.2 Å². The van der Waals surface area contributed by atoms with E-state index in [1.807, 2.05) is 42.9 Å². The summed E-state index contributed by atoms with van der Waals surface area (Å²) in [5, 5.41) is 7.59. The third-order valence-corrected chi connectivity index (χ3v) is 11.5. The second-order valence-electron chi connectivity index (χ2n) is 15.4. The molecule has 1 aliphatic carbocycles. The average molecular weight is 760 g/mol. The van der Waals surface area contributed by atoms with Gasteiger partial charge < -0.3 is 0 Å². The minimum Gasteiger partial charge on any atom is -0.282 e. The van der Waals surface area contributed by atoms with Crippen LogP contribution in [0.25, 0.3) is 95.1 Å². The van der Waals surface area contributed by atoms with Crippen molar-refractivity contribution in [1.29, 1.82) is 0 Å². The highest BCUT2D eigenvalue weighted by atomic mass is 15.0. The summed E-state index contributed by atoms with van der Waals surface area (Å²) in [6.45, 7) is 7.16. The summed E-state index contributed by atoms with van der Waals surface area (Å²) in [4.78, 5) is 35.0. The number of fused-ring (bicyclic) bond motifs is 7. The summed E-state index contributed by atoms with van der Waals surface area (Å²) < 4.78 is 0. The maximum absolute atomic E-state index is 5.31. The van der Waals surface area contributed by atoms with Crippen LogP contribution in [0.15, 0.2) is 157 Å². The Morgan fingerprint density at radius 2 is 1.36 bits per heavy atom. The van der Waals surface area contributed by atoms with Gasteiger partial charge in [0.1, 0.15) is 0 Å². The van der Waals surface area contributed by atoms with Crippen molar-refractivity contribution in [2.45, 2.75) is 25.7 Å². The molecule has 1 unspecified atom stereocenters. The van der Waals surface area contributed by atoms with Crippen LogP contribution in [0.4, 0.5) is 0 Å². The molecule has 59 heavy (non-hydrogen) atoms. The van der Waals surface area contributed by atoms with Gasteiger partial charge in [-0.3, -0.25) is 19.9 Å². The van der Waals surface area contributed by atoms with Crippen LogP contribution in [-0.2, 0) is 0 Å². The molecule has 0 saturated heterocycles. The zero-order chi connectivity index (χ0) is 39.5. The standard InChI is InChI=1S/C52H37N7/c1-3-32-24-39(45-30-36-13-7-19-54-47(36)49-43(45)15-9-21-56-49)28-41(25-32)52-58-50(37-17-16-33-10-4-5-11-34(33)26-37)57-51(59-52)40-23-31(2)22-38(27-40)44-29-35-12-6-18-53-46(35)48-42(44)14-8-20-55-48/h3-6,8-18,20-21,23-30,38H,1,7,19,22H2,2H3. The Balaban J connectivity index is 1.12. The SMILES string of the molecule is C=Cc1cc(-c2nc(C3=CC(c4cc5cccnc5c5ncccc45)CC(C)=C3)nc(-c3ccc4ccccc4c3)n2)cc(-c2cc3c(c4ncccc24)=NCCC=3)c1. The summed E-state index contributed by atoms with van der Waals surface area (Å²) in [7, 11) is 0. The van der Waals surface area contributed by atoms with Crippen LogP contribution in [0.1, 0.15) is 42.6 Å². The minimum atomic E-state index is 0.0702. The molecule has 0 amide bonds. The summed E-state index contributed by atoms with van der Waals surface area (Å²) in [5.41, 5.74) is 11.0. The van der Waals surface area contributed by atoms with Gasteiger partial charge in [0.25, 0.3) is 0 Å². The van der Waals surface area contributed by atoms with Gasteiger partial charge in [-0.1, -0.05) is 91.1 Å². The number of hydrogen-bond acceptors (Lipinski definition) is 7. The molecule has 280 valence electrons. The Bertz CT molecular complexity index is 3420. The van der Waals surface area contributed by atoms with Crippen molar-refractivity contribution in [3.63, 3.8) is 0 Å². The fourth-order valence-electron chi connectivity index (χ4n) is 8.80. The second-order valence-corrected chi connectivity index (χ2v) is 15.4. The van der Waals surface area contributed by atoms with Gasteiger partial charge in [-0.15, -0.1) is 0 Å². The van der Waals surface area contributed by atoms with E-state index in [9.17, 15) is 0 Å². The highest BCUT2D eigenvalue weighted by molar-refractivity contribution is 6.05. The Kier molecular flexibility index (Phi) is 8.32. The van der Waals surface area contributed by atoms with E-state index in [0.29, 0.717) is 17.5 Å². The van der Waals surface area contributed by atoms with E-state index >= 15 is 0 Å². The van der Waals surface area contributed by atoms with Crippen LogP contribution in [0.2, 0.25) is 0 Å². The van der Waals surface area contributed by atoms with Gasteiger partial charge in [0.05, 0.1) is 21.9 Å². The Morgan fingerprint density at radius 3 is 2.22 bits per heavy atom. The predicted octanol–water partition coefficient (Wildman–Crippen LogP) is 10.6. The molecule has 4 aromatic heterocycles. The number of nitrogens with zero attached hydrogens (tertiary/aromatic N) is 7.